The molecular weight excluding hydrogens is 232 g/mol. The quantitative estimate of drug-likeness (QED) is 0.814. The van der Waals surface area contributed by atoms with Crippen LogP contribution in [-0.4, -0.2) is 37.1 Å². The fraction of sp³-hybridized carbons (Fsp3) is 0.647. The standard InChI is InChI=1S/C17H28N2/c1-5-15(4)16-6-8-17(9-7-16)19-12-10-18(11-13-19)14(2)3/h6-9,14-15H,5,10-13H2,1-4H3. The molecule has 0 amide bonds. The molecule has 1 unspecified atom stereocenters. The van der Waals surface area contributed by atoms with Crippen molar-refractivity contribution < 1.29 is 0 Å². The maximum Gasteiger partial charge on any atom is 0.0367 e. The summed E-state index contributed by atoms with van der Waals surface area (Å²) in [7, 11) is 0. The van der Waals surface area contributed by atoms with Crippen LogP contribution in [0.25, 0.3) is 0 Å². The summed E-state index contributed by atoms with van der Waals surface area (Å²) in [6, 6.07) is 9.88. The van der Waals surface area contributed by atoms with Gasteiger partial charge in [-0.25, -0.2) is 0 Å². The number of hydrogen-bond donors (Lipinski definition) is 0. The summed E-state index contributed by atoms with van der Waals surface area (Å²) in [6.45, 7) is 13.8. The Bertz CT molecular complexity index is 375. The van der Waals surface area contributed by atoms with E-state index in [2.05, 4.69) is 61.8 Å². The summed E-state index contributed by atoms with van der Waals surface area (Å²) in [5.74, 6) is 0.673. The van der Waals surface area contributed by atoms with Gasteiger partial charge in [-0.05, 0) is 43.9 Å². The Hall–Kier alpha value is -1.02. The van der Waals surface area contributed by atoms with Gasteiger partial charge in [0.1, 0.15) is 0 Å². The van der Waals surface area contributed by atoms with E-state index in [1.54, 1.807) is 0 Å². The normalized spacial score (nSPS) is 18.9. The minimum Gasteiger partial charge on any atom is -0.369 e. The van der Waals surface area contributed by atoms with E-state index >= 15 is 0 Å². The fourth-order valence-electron chi connectivity index (χ4n) is 2.75. The van der Waals surface area contributed by atoms with Crippen molar-refractivity contribution in [3.8, 4) is 0 Å². The van der Waals surface area contributed by atoms with Crippen molar-refractivity contribution in [3.05, 3.63) is 29.8 Å². The lowest BCUT2D eigenvalue weighted by atomic mass is 9.98. The molecule has 1 atom stereocenters. The van der Waals surface area contributed by atoms with E-state index in [9.17, 15) is 0 Å². The second-order valence-corrected chi connectivity index (χ2v) is 6.02. The number of nitrogens with zero attached hydrogens (tertiary/aromatic N) is 2. The molecule has 0 bridgehead atoms. The second kappa shape index (κ2) is 6.42. The van der Waals surface area contributed by atoms with Gasteiger partial charge in [0.15, 0.2) is 0 Å². The molecule has 106 valence electrons. The van der Waals surface area contributed by atoms with Crippen molar-refractivity contribution >= 4 is 5.69 Å². The van der Waals surface area contributed by atoms with E-state index < -0.39 is 0 Å². The zero-order valence-electron chi connectivity index (χ0n) is 12.9. The van der Waals surface area contributed by atoms with Crippen LogP contribution in [0, 0.1) is 0 Å². The Balaban J connectivity index is 1.96. The van der Waals surface area contributed by atoms with Gasteiger partial charge in [-0.15, -0.1) is 0 Å². The van der Waals surface area contributed by atoms with E-state index in [4.69, 9.17) is 0 Å². The van der Waals surface area contributed by atoms with Crippen molar-refractivity contribution in [2.24, 2.45) is 0 Å². The molecule has 1 aromatic rings. The van der Waals surface area contributed by atoms with Crippen LogP contribution in [0.2, 0.25) is 0 Å². The molecule has 1 aliphatic heterocycles. The summed E-state index contributed by atoms with van der Waals surface area (Å²) >= 11 is 0. The highest BCUT2D eigenvalue weighted by molar-refractivity contribution is 5.48. The van der Waals surface area contributed by atoms with Gasteiger partial charge in [-0.2, -0.15) is 0 Å². The lowest BCUT2D eigenvalue weighted by Crippen LogP contribution is -2.48. The molecule has 2 heteroatoms. The zero-order chi connectivity index (χ0) is 13.8. The monoisotopic (exact) mass is 260 g/mol. The minimum absolute atomic E-state index is 0.673. The first-order chi connectivity index (χ1) is 9.11. The largest absolute Gasteiger partial charge is 0.369 e. The maximum atomic E-state index is 2.56. The fourth-order valence-corrected chi connectivity index (χ4v) is 2.75. The van der Waals surface area contributed by atoms with Gasteiger partial charge < -0.3 is 4.90 Å². The van der Waals surface area contributed by atoms with Gasteiger partial charge in [0.2, 0.25) is 0 Å². The van der Waals surface area contributed by atoms with Crippen LogP contribution >= 0.6 is 0 Å². The number of piperazine rings is 1. The molecule has 0 saturated carbocycles. The highest BCUT2D eigenvalue weighted by atomic mass is 15.3. The summed E-state index contributed by atoms with van der Waals surface area (Å²) in [4.78, 5) is 5.07. The van der Waals surface area contributed by atoms with Crippen molar-refractivity contribution in [1.82, 2.24) is 4.90 Å². The average molecular weight is 260 g/mol. The van der Waals surface area contributed by atoms with E-state index in [0.717, 1.165) is 13.1 Å². The molecule has 1 saturated heterocycles. The van der Waals surface area contributed by atoms with Gasteiger partial charge in [-0.3, -0.25) is 4.90 Å². The first-order valence-electron chi connectivity index (χ1n) is 7.70. The van der Waals surface area contributed by atoms with Gasteiger partial charge >= 0.3 is 0 Å². The predicted molar refractivity (Wildman–Crippen MR) is 84.1 cm³/mol. The molecule has 0 N–H and O–H groups in total. The summed E-state index contributed by atoms with van der Waals surface area (Å²) in [6.07, 6.45) is 1.21. The summed E-state index contributed by atoms with van der Waals surface area (Å²) in [5, 5.41) is 0. The van der Waals surface area contributed by atoms with E-state index in [-0.39, 0.29) is 0 Å². The van der Waals surface area contributed by atoms with Crippen LogP contribution in [-0.2, 0) is 0 Å². The molecule has 1 fully saturated rings. The van der Waals surface area contributed by atoms with Crippen LogP contribution < -0.4 is 4.90 Å². The SMILES string of the molecule is CCC(C)c1ccc(N2CCN(C(C)C)CC2)cc1. The van der Waals surface area contributed by atoms with Gasteiger partial charge in [0, 0.05) is 37.9 Å². The van der Waals surface area contributed by atoms with Crippen LogP contribution in [0.4, 0.5) is 5.69 Å². The Kier molecular flexibility index (Phi) is 4.87. The molecule has 19 heavy (non-hydrogen) atoms. The van der Waals surface area contributed by atoms with Gasteiger partial charge in [0.05, 0.1) is 0 Å². The molecule has 1 heterocycles. The molecular formula is C17H28N2. The third-order valence-corrected chi connectivity index (χ3v) is 4.48. The summed E-state index contributed by atoms with van der Waals surface area (Å²) < 4.78 is 0. The van der Waals surface area contributed by atoms with Gasteiger partial charge in [0.25, 0.3) is 0 Å². The van der Waals surface area contributed by atoms with E-state index in [1.165, 1.54) is 30.8 Å². The molecule has 2 nitrogen and oxygen atoms in total. The first kappa shape index (κ1) is 14.4. The molecule has 1 aromatic carbocycles. The van der Waals surface area contributed by atoms with Crippen LogP contribution in [0.1, 0.15) is 45.6 Å². The first-order valence-corrected chi connectivity index (χ1v) is 7.70. The Morgan fingerprint density at radius 1 is 0.947 bits per heavy atom. The topological polar surface area (TPSA) is 6.48 Å². The third-order valence-electron chi connectivity index (χ3n) is 4.48. The van der Waals surface area contributed by atoms with Crippen LogP contribution in [0.5, 0.6) is 0 Å². The highest BCUT2D eigenvalue weighted by Crippen LogP contribution is 2.23. The molecule has 0 spiro atoms. The molecule has 1 aliphatic rings. The highest BCUT2D eigenvalue weighted by Gasteiger charge is 2.18. The molecule has 2 rings (SSSR count). The maximum absolute atomic E-state index is 2.56. The molecule has 0 aliphatic carbocycles. The van der Waals surface area contributed by atoms with Crippen molar-refractivity contribution in [3.63, 3.8) is 0 Å². The predicted octanol–water partition coefficient (Wildman–Crippen LogP) is 3.73. The second-order valence-electron chi connectivity index (χ2n) is 6.02. The lowest BCUT2D eigenvalue weighted by Gasteiger charge is -2.38. The number of hydrogen-bond acceptors (Lipinski definition) is 2. The minimum atomic E-state index is 0.673. The molecule has 0 aromatic heterocycles. The van der Waals surface area contributed by atoms with Crippen molar-refractivity contribution in [1.29, 1.82) is 0 Å². The van der Waals surface area contributed by atoms with E-state index in [0.29, 0.717) is 12.0 Å². The Morgan fingerprint density at radius 2 is 1.53 bits per heavy atom. The van der Waals surface area contributed by atoms with Crippen molar-refractivity contribution in [2.75, 3.05) is 31.1 Å². The summed E-state index contributed by atoms with van der Waals surface area (Å²) in [5.41, 5.74) is 2.85. The van der Waals surface area contributed by atoms with Crippen molar-refractivity contribution in [2.45, 2.75) is 46.1 Å². The van der Waals surface area contributed by atoms with Crippen LogP contribution in [0.15, 0.2) is 24.3 Å². The number of benzene rings is 1. The smallest absolute Gasteiger partial charge is 0.0367 e. The van der Waals surface area contributed by atoms with Gasteiger partial charge in [-0.1, -0.05) is 26.0 Å². The molecule has 0 radical (unpaired) electrons. The van der Waals surface area contributed by atoms with E-state index in [1.807, 2.05) is 0 Å². The zero-order valence-corrected chi connectivity index (χ0v) is 12.9. The Labute approximate surface area is 118 Å². The average Bonchev–Trinajstić information content (AvgIpc) is 2.46. The number of anilines is 1. The number of rotatable bonds is 4. The van der Waals surface area contributed by atoms with Crippen LogP contribution in [0.3, 0.4) is 0 Å². The third kappa shape index (κ3) is 3.50. The lowest BCUT2D eigenvalue weighted by molar-refractivity contribution is 0.209. The Morgan fingerprint density at radius 3 is 2.00 bits per heavy atom.